The number of aliphatic hydroxyl groups is 1. The topological polar surface area (TPSA) is 78.8 Å². The number of carbonyl (C=O) groups is 1. The van der Waals surface area contributed by atoms with Gasteiger partial charge < -0.3 is 20.3 Å². The van der Waals surface area contributed by atoms with Crippen molar-refractivity contribution in [3.8, 4) is 0 Å². The predicted octanol–water partition coefficient (Wildman–Crippen LogP) is -0.163. The van der Waals surface area contributed by atoms with Gasteiger partial charge in [0.25, 0.3) is 0 Å². The van der Waals surface area contributed by atoms with Crippen LogP contribution in [0.2, 0.25) is 0 Å². The van der Waals surface area contributed by atoms with E-state index in [9.17, 15) is 9.90 Å². The molecule has 0 fully saturated rings. The first-order valence-corrected chi connectivity index (χ1v) is 4.75. The fraction of sp³-hybridized carbons (Fsp3) is 0.889. The second kappa shape index (κ2) is 7.73. The van der Waals surface area contributed by atoms with Crippen molar-refractivity contribution in [2.24, 2.45) is 0 Å². The summed E-state index contributed by atoms with van der Waals surface area (Å²) in [6.45, 7) is 2.50. The van der Waals surface area contributed by atoms with E-state index in [1.54, 1.807) is 0 Å². The van der Waals surface area contributed by atoms with Crippen LogP contribution in [0.4, 0.5) is 0 Å². The monoisotopic (exact) mass is 205 g/mol. The van der Waals surface area contributed by atoms with Crippen LogP contribution in [0.25, 0.3) is 0 Å². The summed E-state index contributed by atoms with van der Waals surface area (Å²) in [6, 6.07) is -0.691. The number of carboxylic acids is 1. The fourth-order valence-electron chi connectivity index (χ4n) is 1.01. The van der Waals surface area contributed by atoms with Crippen LogP contribution in [0, 0.1) is 0 Å². The third-order valence-corrected chi connectivity index (χ3v) is 1.97. The van der Waals surface area contributed by atoms with Gasteiger partial charge in [0.05, 0.1) is 12.7 Å². The smallest absolute Gasteiger partial charge is 0.323 e. The van der Waals surface area contributed by atoms with Gasteiger partial charge in [-0.25, -0.2) is 0 Å². The van der Waals surface area contributed by atoms with Crippen LogP contribution in [-0.4, -0.2) is 48.6 Å². The molecule has 2 unspecified atom stereocenters. The molecule has 0 aliphatic heterocycles. The first kappa shape index (κ1) is 13.4. The molecule has 14 heavy (non-hydrogen) atoms. The van der Waals surface area contributed by atoms with E-state index in [4.69, 9.17) is 9.84 Å². The molecular weight excluding hydrogens is 186 g/mol. The Morgan fingerprint density at radius 2 is 2.21 bits per heavy atom. The lowest BCUT2D eigenvalue weighted by atomic mass is 10.2. The van der Waals surface area contributed by atoms with E-state index in [-0.39, 0.29) is 12.7 Å². The molecule has 5 nitrogen and oxygen atoms in total. The number of methoxy groups -OCH3 is 1. The van der Waals surface area contributed by atoms with E-state index in [0.717, 1.165) is 0 Å². The van der Waals surface area contributed by atoms with Crippen LogP contribution in [-0.2, 0) is 9.53 Å². The van der Waals surface area contributed by atoms with Crippen molar-refractivity contribution >= 4 is 5.97 Å². The minimum Gasteiger partial charge on any atom is -0.480 e. The Balaban J connectivity index is 3.66. The van der Waals surface area contributed by atoms with E-state index < -0.39 is 12.0 Å². The third kappa shape index (κ3) is 5.90. The number of rotatable bonds is 8. The first-order valence-electron chi connectivity index (χ1n) is 4.75. The summed E-state index contributed by atoms with van der Waals surface area (Å²) < 4.78 is 4.74. The highest BCUT2D eigenvalue weighted by Crippen LogP contribution is 1.95. The van der Waals surface area contributed by atoms with Crippen LogP contribution in [0.15, 0.2) is 0 Å². The van der Waals surface area contributed by atoms with Crippen molar-refractivity contribution in [3.05, 3.63) is 0 Å². The molecule has 3 N–H and O–H groups in total. The maximum atomic E-state index is 10.6. The molecule has 0 radical (unpaired) electrons. The molecule has 0 rings (SSSR count). The predicted molar refractivity (Wildman–Crippen MR) is 52.2 cm³/mol. The summed E-state index contributed by atoms with van der Waals surface area (Å²) in [6.07, 6.45) is 0.882. The molecular formula is C9H19NO4. The molecule has 0 spiro atoms. The minimum absolute atomic E-state index is 0.136. The highest BCUT2D eigenvalue weighted by molar-refractivity contribution is 5.73. The number of hydrogen-bond donors (Lipinski definition) is 3. The largest absolute Gasteiger partial charge is 0.480 e. The van der Waals surface area contributed by atoms with Crippen molar-refractivity contribution < 1.29 is 19.7 Å². The molecule has 0 saturated heterocycles. The number of carboxylic acid groups (broad SMARTS) is 1. The highest BCUT2D eigenvalue weighted by atomic mass is 16.5. The van der Waals surface area contributed by atoms with Gasteiger partial charge >= 0.3 is 5.97 Å². The zero-order chi connectivity index (χ0) is 11.0. The van der Waals surface area contributed by atoms with Crippen molar-refractivity contribution in [3.63, 3.8) is 0 Å². The van der Waals surface area contributed by atoms with Crippen molar-refractivity contribution in [2.75, 3.05) is 20.3 Å². The average Bonchev–Trinajstić information content (AvgIpc) is 2.16. The van der Waals surface area contributed by atoms with Crippen LogP contribution >= 0.6 is 0 Å². The molecule has 0 heterocycles. The normalized spacial score (nSPS) is 15.1. The quantitative estimate of drug-likeness (QED) is 0.513. The van der Waals surface area contributed by atoms with Crippen molar-refractivity contribution in [1.82, 2.24) is 5.32 Å². The summed E-state index contributed by atoms with van der Waals surface area (Å²) in [5.74, 6) is -0.933. The highest BCUT2D eigenvalue weighted by Gasteiger charge is 2.16. The van der Waals surface area contributed by atoms with E-state index in [0.29, 0.717) is 19.4 Å². The van der Waals surface area contributed by atoms with Crippen molar-refractivity contribution in [1.29, 1.82) is 0 Å². The van der Waals surface area contributed by atoms with Crippen LogP contribution < -0.4 is 5.32 Å². The van der Waals surface area contributed by atoms with Crippen LogP contribution in [0.5, 0.6) is 0 Å². The summed E-state index contributed by atoms with van der Waals surface area (Å²) in [4.78, 5) is 10.6. The summed E-state index contributed by atoms with van der Waals surface area (Å²) in [5, 5.41) is 20.7. The maximum Gasteiger partial charge on any atom is 0.323 e. The SMILES string of the molecule is CCC(O)CCNC(COC)C(=O)O. The van der Waals surface area contributed by atoms with Gasteiger partial charge in [-0.1, -0.05) is 6.92 Å². The Morgan fingerprint density at radius 1 is 1.57 bits per heavy atom. The molecule has 84 valence electrons. The molecule has 0 saturated carbocycles. The number of nitrogens with one attached hydrogen (secondary N) is 1. The van der Waals surface area contributed by atoms with Gasteiger partial charge in [0, 0.05) is 7.11 Å². The number of ether oxygens (including phenoxy) is 1. The molecule has 0 aromatic heterocycles. The standard InChI is InChI=1S/C9H19NO4/c1-3-7(11)4-5-10-8(6-14-2)9(12)13/h7-8,10-11H,3-6H2,1-2H3,(H,12,13). The summed E-state index contributed by atoms with van der Waals surface area (Å²) >= 11 is 0. The average molecular weight is 205 g/mol. The van der Waals surface area contributed by atoms with Gasteiger partial charge in [-0.05, 0) is 19.4 Å². The first-order chi connectivity index (χ1) is 6.61. The van der Waals surface area contributed by atoms with E-state index in [2.05, 4.69) is 5.32 Å². The zero-order valence-corrected chi connectivity index (χ0v) is 8.69. The zero-order valence-electron chi connectivity index (χ0n) is 8.69. The number of aliphatic carboxylic acids is 1. The van der Waals surface area contributed by atoms with Crippen LogP contribution in [0.1, 0.15) is 19.8 Å². The van der Waals surface area contributed by atoms with Gasteiger partial charge in [0.1, 0.15) is 6.04 Å². The lowest BCUT2D eigenvalue weighted by Crippen LogP contribution is -2.41. The van der Waals surface area contributed by atoms with Gasteiger partial charge in [0.2, 0.25) is 0 Å². The van der Waals surface area contributed by atoms with E-state index in [1.165, 1.54) is 7.11 Å². The Kier molecular flexibility index (Phi) is 7.37. The molecule has 5 heteroatoms. The lowest BCUT2D eigenvalue weighted by molar-refractivity contribution is -0.140. The third-order valence-electron chi connectivity index (χ3n) is 1.97. The molecule has 0 aromatic rings. The summed E-state index contributed by atoms with van der Waals surface area (Å²) in [7, 11) is 1.46. The fourth-order valence-corrected chi connectivity index (χ4v) is 1.01. The van der Waals surface area contributed by atoms with Gasteiger partial charge in [-0.15, -0.1) is 0 Å². The second-order valence-corrected chi connectivity index (χ2v) is 3.15. The van der Waals surface area contributed by atoms with Crippen molar-refractivity contribution in [2.45, 2.75) is 31.9 Å². The Bertz CT molecular complexity index is 163. The van der Waals surface area contributed by atoms with Crippen LogP contribution in [0.3, 0.4) is 0 Å². The molecule has 2 atom stereocenters. The van der Waals surface area contributed by atoms with E-state index in [1.807, 2.05) is 6.92 Å². The molecule has 0 bridgehead atoms. The molecule has 0 aliphatic rings. The Morgan fingerprint density at radius 3 is 2.64 bits per heavy atom. The van der Waals surface area contributed by atoms with Gasteiger partial charge in [-0.3, -0.25) is 4.79 Å². The molecule has 0 aliphatic carbocycles. The minimum atomic E-state index is -0.933. The second-order valence-electron chi connectivity index (χ2n) is 3.15. The Labute approximate surface area is 84.1 Å². The maximum absolute atomic E-state index is 10.6. The number of aliphatic hydroxyl groups excluding tert-OH is 1. The van der Waals surface area contributed by atoms with E-state index >= 15 is 0 Å². The van der Waals surface area contributed by atoms with Gasteiger partial charge in [-0.2, -0.15) is 0 Å². The number of hydrogen-bond acceptors (Lipinski definition) is 4. The lowest BCUT2D eigenvalue weighted by Gasteiger charge is -2.14. The van der Waals surface area contributed by atoms with Gasteiger partial charge in [0.15, 0.2) is 0 Å². The molecule has 0 amide bonds. The Hall–Kier alpha value is -0.650. The summed E-state index contributed by atoms with van der Waals surface area (Å²) in [5.41, 5.74) is 0. The molecule has 0 aromatic carbocycles.